The van der Waals surface area contributed by atoms with Crippen LogP contribution < -0.4 is 0 Å². The van der Waals surface area contributed by atoms with Crippen LogP contribution in [-0.4, -0.2) is 19.7 Å². The van der Waals surface area contributed by atoms with Crippen molar-refractivity contribution in [1.29, 1.82) is 0 Å². The Labute approximate surface area is 115 Å². The van der Waals surface area contributed by atoms with Gasteiger partial charge in [0.05, 0.1) is 17.8 Å². The number of aliphatic hydroxyl groups is 1. The first-order valence-electron chi connectivity index (χ1n) is 5.91. The Morgan fingerprint density at radius 2 is 2.05 bits per heavy atom. The monoisotopic (exact) mass is 273 g/mol. The molecule has 3 aromatic rings. The van der Waals surface area contributed by atoms with Crippen LogP contribution in [0.3, 0.4) is 0 Å². The summed E-state index contributed by atoms with van der Waals surface area (Å²) >= 11 is 5.95. The van der Waals surface area contributed by atoms with Crippen LogP contribution >= 0.6 is 11.6 Å². The SMILES string of the molecule is Cc1ccc(Cl)nc1-c1nn2ccccc2c1CO. The van der Waals surface area contributed by atoms with Crippen LogP contribution in [0.5, 0.6) is 0 Å². The van der Waals surface area contributed by atoms with Crippen LogP contribution in [0.1, 0.15) is 11.1 Å². The molecule has 1 N–H and O–H groups in total. The maximum Gasteiger partial charge on any atom is 0.129 e. The third kappa shape index (κ3) is 1.99. The first-order valence-corrected chi connectivity index (χ1v) is 6.29. The number of fused-ring (bicyclic) bond motifs is 1. The molecule has 0 saturated heterocycles. The molecule has 3 heterocycles. The molecule has 96 valence electrons. The lowest BCUT2D eigenvalue weighted by Crippen LogP contribution is -1.93. The van der Waals surface area contributed by atoms with Gasteiger partial charge in [-0.15, -0.1) is 0 Å². The number of pyridine rings is 2. The summed E-state index contributed by atoms with van der Waals surface area (Å²) in [6, 6.07) is 9.37. The first kappa shape index (κ1) is 12.1. The van der Waals surface area contributed by atoms with Crippen molar-refractivity contribution >= 4 is 17.1 Å². The minimum atomic E-state index is -0.0868. The predicted octanol–water partition coefficient (Wildman–Crippen LogP) is 2.85. The van der Waals surface area contributed by atoms with Gasteiger partial charge in [-0.25, -0.2) is 9.50 Å². The van der Waals surface area contributed by atoms with E-state index in [0.29, 0.717) is 16.5 Å². The summed E-state index contributed by atoms with van der Waals surface area (Å²) < 4.78 is 1.74. The first-order chi connectivity index (χ1) is 9.20. The van der Waals surface area contributed by atoms with E-state index in [1.165, 1.54) is 0 Å². The Balaban J connectivity index is 2.33. The zero-order valence-electron chi connectivity index (χ0n) is 10.3. The van der Waals surface area contributed by atoms with E-state index in [-0.39, 0.29) is 6.61 Å². The van der Waals surface area contributed by atoms with Crippen molar-refractivity contribution in [1.82, 2.24) is 14.6 Å². The summed E-state index contributed by atoms with van der Waals surface area (Å²) in [5.41, 5.74) is 4.00. The Kier molecular flexibility index (Phi) is 2.97. The number of aryl methyl sites for hydroxylation is 1. The molecule has 5 heteroatoms. The number of rotatable bonds is 2. The summed E-state index contributed by atoms with van der Waals surface area (Å²) in [5.74, 6) is 0. The van der Waals surface area contributed by atoms with Gasteiger partial charge in [0, 0.05) is 11.8 Å². The molecule has 0 aliphatic carbocycles. The van der Waals surface area contributed by atoms with Crippen LogP contribution in [0.2, 0.25) is 5.15 Å². The second kappa shape index (κ2) is 4.64. The van der Waals surface area contributed by atoms with Crippen LogP contribution in [0.15, 0.2) is 36.5 Å². The van der Waals surface area contributed by atoms with Crippen LogP contribution in [0.4, 0.5) is 0 Å². The molecule has 0 fully saturated rings. The van der Waals surface area contributed by atoms with E-state index in [1.54, 1.807) is 10.6 Å². The lowest BCUT2D eigenvalue weighted by Gasteiger charge is -2.03. The summed E-state index contributed by atoms with van der Waals surface area (Å²) in [5, 5.41) is 14.5. The van der Waals surface area contributed by atoms with Crippen molar-refractivity contribution in [2.45, 2.75) is 13.5 Å². The molecule has 0 spiro atoms. The molecule has 0 bridgehead atoms. The molecular weight excluding hydrogens is 262 g/mol. The number of hydrogen-bond acceptors (Lipinski definition) is 3. The highest BCUT2D eigenvalue weighted by Gasteiger charge is 2.16. The fraction of sp³-hybridized carbons (Fsp3) is 0.143. The van der Waals surface area contributed by atoms with Crippen LogP contribution in [-0.2, 0) is 6.61 Å². The lowest BCUT2D eigenvalue weighted by molar-refractivity contribution is 0.284. The molecule has 0 saturated carbocycles. The zero-order valence-corrected chi connectivity index (χ0v) is 11.1. The zero-order chi connectivity index (χ0) is 13.4. The Morgan fingerprint density at radius 3 is 2.84 bits per heavy atom. The third-order valence-corrected chi connectivity index (χ3v) is 3.30. The second-order valence-corrected chi connectivity index (χ2v) is 4.70. The van der Waals surface area contributed by atoms with Crippen molar-refractivity contribution in [3.05, 3.63) is 52.8 Å². The highest BCUT2D eigenvalue weighted by molar-refractivity contribution is 6.29. The highest BCUT2D eigenvalue weighted by atomic mass is 35.5. The number of aromatic nitrogens is 3. The lowest BCUT2D eigenvalue weighted by atomic mass is 10.1. The van der Waals surface area contributed by atoms with Gasteiger partial charge in [-0.1, -0.05) is 23.7 Å². The van der Waals surface area contributed by atoms with Gasteiger partial charge in [0.25, 0.3) is 0 Å². The summed E-state index contributed by atoms with van der Waals surface area (Å²) in [6.07, 6.45) is 1.85. The van der Waals surface area contributed by atoms with Gasteiger partial charge in [-0.05, 0) is 30.7 Å². The average Bonchev–Trinajstić information content (AvgIpc) is 2.79. The van der Waals surface area contributed by atoms with Gasteiger partial charge in [0.1, 0.15) is 10.8 Å². The van der Waals surface area contributed by atoms with Crippen molar-refractivity contribution in [3.8, 4) is 11.4 Å². The smallest absolute Gasteiger partial charge is 0.129 e. The Morgan fingerprint density at radius 1 is 1.21 bits per heavy atom. The van der Waals surface area contributed by atoms with E-state index in [2.05, 4.69) is 10.1 Å². The molecule has 19 heavy (non-hydrogen) atoms. The van der Waals surface area contributed by atoms with Gasteiger partial charge in [0.2, 0.25) is 0 Å². The minimum absolute atomic E-state index is 0.0868. The molecule has 0 radical (unpaired) electrons. The fourth-order valence-electron chi connectivity index (χ4n) is 2.14. The van der Waals surface area contributed by atoms with Crippen molar-refractivity contribution < 1.29 is 5.11 Å². The average molecular weight is 274 g/mol. The third-order valence-electron chi connectivity index (χ3n) is 3.09. The van der Waals surface area contributed by atoms with Crippen LogP contribution in [0, 0.1) is 6.92 Å². The maximum absolute atomic E-state index is 9.61. The maximum atomic E-state index is 9.61. The van der Waals surface area contributed by atoms with E-state index in [9.17, 15) is 5.11 Å². The molecule has 3 rings (SSSR count). The van der Waals surface area contributed by atoms with Gasteiger partial charge in [0.15, 0.2) is 0 Å². The molecule has 3 aromatic heterocycles. The van der Waals surface area contributed by atoms with Crippen LogP contribution in [0.25, 0.3) is 16.9 Å². The highest BCUT2D eigenvalue weighted by Crippen LogP contribution is 2.28. The minimum Gasteiger partial charge on any atom is -0.392 e. The summed E-state index contributed by atoms with van der Waals surface area (Å²) in [6.45, 7) is 1.86. The molecule has 0 aliphatic rings. The molecule has 4 nitrogen and oxygen atoms in total. The predicted molar refractivity (Wildman–Crippen MR) is 74.1 cm³/mol. The van der Waals surface area contributed by atoms with Gasteiger partial charge in [-0.2, -0.15) is 5.10 Å². The molecule has 0 aliphatic heterocycles. The van der Waals surface area contributed by atoms with Crippen molar-refractivity contribution in [2.24, 2.45) is 0 Å². The molecule has 0 atom stereocenters. The fourth-order valence-corrected chi connectivity index (χ4v) is 2.29. The molecule has 0 aromatic carbocycles. The number of nitrogens with zero attached hydrogens (tertiary/aromatic N) is 3. The number of halogens is 1. The van der Waals surface area contributed by atoms with E-state index in [0.717, 1.165) is 16.6 Å². The standard InChI is InChI=1S/C14H12ClN3O/c1-9-5-6-12(15)16-13(9)14-10(8-19)11-4-2-3-7-18(11)17-14/h2-7,19H,8H2,1H3. The molecular formula is C14H12ClN3O. The molecule has 0 unspecified atom stereocenters. The topological polar surface area (TPSA) is 50.4 Å². The van der Waals surface area contributed by atoms with E-state index in [1.807, 2.05) is 37.4 Å². The van der Waals surface area contributed by atoms with E-state index >= 15 is 0 Å². The normalized spacial score (nSPS) is 11.1. The second-order valence-electron chi connectivity index (χ2n) is 4.32. The van der Waals surface area contributed by atoms with E-state index < -0.39 is 0 Å². The van der Waals surface area contributed by atoms with Gasteiger partial charge >= 0.3 is 0 Å². The molecule has 0 amide bonds. The largest absolute Gasteiger partial charge is 0.392 e. The van der Waals surface area contributed by atoms with E-state index in [4.69, 9.17) is 11.6 Å². The summed E-state index contributed by atoms with van der Waals surface area (Å²) in [7, 11) is 0. The quantitative estimate of drug-likeness (QED) is 0.731. The van der Waals surface area contributed by atoms with Gasteiger partial charge < -0.3 is 5.11 Å². The number of aliphatic hydroxyl groups excluding tert-OH is 1. The van der Waals surface area contributed by atoms with Gasteiger partial charge in [-0.3, -0.25) is 0 Å². The van der Waals surface area contributed by atoms with Crippen molar-refractivity contribution in [2.75, 3.05) is 0 Å². The summed E-state index contributed by atoms with van der Waals surface area (Å²) in [4.78, 5) is 4.33. The number of hydrogen-bond donors (Lipinski definition) is 1. The Hall–Kier alpha value is -1.91. The Bertz CT molecular complexity index is 752. The van der Waals surface area contributed by atoms with Crippen molar-refractivity contribution in [3.63, 3.8) is 0 Å².